The first-order valence-corrected chi connectivity index (χ1v) is 8.82. The number of ether oxygens (including phenoxy) is 1. The summed E-state index contributed by atoms with van der Waals surface area (Å²) in [5.41, 5.74) is 2.68. The molecule has 2 aromatic heterocycles. The molecule has 1 N–H and O–H groups in total. The van der Waals surface area contributed by atoms with Crippen molar-refractivity contribution in [2.75, 3.05) is 26.7 Å². The van der Waals surface area contributed by atoms with E-state index in [0.717, 1.165) is 35.7 Å². The molecule has 1 aliphatic heterocycles. The number of amides is 1. The molecule has 3 aromatic rings. The topological polar surface area (TPSA) is 58.9 Å². The van der Waals surface area contributed by atoms with Crippen LogP contribution >= 0.6 is 24.8 Å². The van der Waals surface area contributed by atoms with Crippen molar-refractivity contribution in [2.45, 2.75) is 12.5 Å². The van der Waals surface area contributed by atoms with E-state index in [0.29, 0.717) is 13.0 Å². The number of rotatable bonds is 4. The first-order valence-electron chi connectivity index (χ1n) is 8.82. The number of piperazine rings is 1. The van der Waals surface area contributed by atoms with Crippen LogP contribution in [0, 0.1) is 0 Å². The van der Waals surface area contributed by atoms with Gasteiger partial charge in [0.1, 0.15) is 11.4 Å². The molecule has 28 heavy (non-hydrogen) atoms. The molecule has 1 aliphatic rings. The van der Waals surface area contributed by atoms with Gasteiger partial charge in [0.05, 0.1) is 25.3 Å². The molecule has 4 rings (SSSR count). The van der Waals surface area contributed by atoms with Crippen molar-refractivity contribution in [1.82, 2.24) is 19.6 Å². The summed E-state index contributed by atoms with van der Waals surface area (Å²) in [5, 5.41) is 3.39. The molecule has 0 aliphatic carbocycles. The average molecular weight is 423 g/mol. The molecule has 0 radical (unpaired) electrons. The molecule has 1 fully saturated rings. The van der Waals surface area contributed by atoms with Crippen molar-refractivity contribution in [3.05, 3.63) is 66.1 Å². The third-order valence-corrected chi connectivity index (χ3v) is 4.81. The number of nitrogens with zero attached hydrogens (tertiary/aromatic N) is 3. The maximum Gasteiger partial charge on any atom is 0.229 e. The number of nitrogens with one attached hydrogen (secondary N) is 1. The number of halogens is 2. The van der Waals surface area contributed by atoms with Crippen LogP contribution in [0.3, 0.4) is 0 Å². The second kappa shape index (κ2) is 9.78. The number of fused-ring (bicyclic) bond motifs is 1. The number of pyridine rings is 1. The Morgan fingerprint density at radius 3 is 2.79 bits per heavy atom. The summed E-state index contributed by atoms with van der Waals surface area (Å²) >= 11 is 0. The van der Waals surface area contributed by atoms with Crippen LogP contribution in [0.2, 0.25) is 0 Å². The Hall–Kier alpha value is -2.28. The maximum atomic E-state index is 13.0. The van der Waals surface area contributed by atoms with E-state index in [4.69, 9.17) is 4.74 Å². The van der Waals surface area contributed by atoms with E-state index in [2.05, 4.69) is 10.3 Å². The molecular weight excluding hydrogens is 399 g/mol. The quantitative estimate of drug-likeness (QED) is 0.701. The minimum absolute atomic E-state index is 0. The van der Waals surface area contributed by atoms with Crippen molar-refractivity contribution in [3.8, 4) is 5.75 Å². The predicted octanol–water partition coefficient (Wildman–Crippen LogP) is 2.90. The minimum Gasteiger partial charge on any atom is -0.496 e. The molecule has 6 nitrogen and oxygen atoms in total. The van der Waals surface area contributed by atoms with Crippen LogP contribution in [0.5, 0.6) is 5.75 Å². The lowest BCUT2D eigenvalue weighted by Crippen LogP contribution is -2.49. The Morgan fingerprint density at radius 1 is 1.21 bits per heavy atom. The summed E-state index contributed by atoms with van der Waals surface area (Å²) in [6.07, 6.45) is 4.17. The van der Waals surface area contributed by atoms with Gasteiger partial charge in [0.2, 0.25) is 5.91 Å². The molecule has 0 saturated carbocycles. The van der Waals surface area contributed by atoms with Gasteiger partial charge in [-0.2, -0.15) is 0 Å². The number of methoxy groups -OCH3 is 1. The van der Waals surface area contributed by atoms with Gasteiger partial charge >= 0.3 is 0 Å². The normalized spacial score (nSPS) is 16.2. The van der Waals surface area contributed by atoms with Crippen molar-refractivity contribution in [1.29, 1.82) is 0 Å². The van der Waals surface area contributed by atoms with E-state index in [9.17, 15) is 4.79 Å². The van der Waals surface area contributed by atoms with Gasteiger partial charge in [-0.05, 0) is 18.2 Å². The fraction of sp³-hybridized carbons (Fsp3) is 0.300. The van der Waals surface area contributed by atoms with Crippen LogP contribution in [0.25, 0.3) is 5.65 Å². The van der Waals surface area contributed by atoms with E-state index in [-0.39, 0.29) is 36.8 Å². The second-order valence-corrected chi connectivity index (χ2v) is 6.42. The summed E-state index contributed by atoms with van der Waals surface area (Å²) < 4.78 is 7.45. The Kier molecular flexibility index (Phi) is 7.69. The lowest BCUT2D eigenvalue weighted by atomic mass is 10.0. The van der Waals surface area contributed by atoms with Crippen LogP contribution in [-0.2, 0) is 11.2 Å². The number of imidazole rings is 1. The fourth-order valence-corrected chi connectivity index (χ4v) is 3.55. The van der Waals surface area contributed by atoms with Gasteiger partial charge in [-0.15, -0.1) is 24.8 Å². The number of para-hydroxylation sites is 1. The molecule has 8 heteroatoms. The Balaban J connectivity index is 0.00000140. The van der Waals surface area contributed by atoms with E-state index < -0.39 is 0 Å². The molecule has 1 atom stereocenters. The lowest BCUT2D eigenvalue weighted by Gasteiger charge is -2.37. The standard InChI is InChI=1S/C20H22N4O2.2ClH/c1-26-18-7-3-2-6-16(18)17-13-21-9-11-24(17)20(25)12-15-14-23-10-5-4-8-19(23)22-15;;/h2-8,10,14,17,21H,9,11-13H2,1H3;2*1H. The highest BCUT2D eigenvalue weighted by atomic mass is 35.5. The minimum atomic E-state index is -0.0376. The lowest BCUT2D eigenvalue weighted by molar-refractivity contribution is -0.133. The van der Waals surface area contributed by atoms with Gasteiger partial charge in [-0.1, -0.05) is 24.3 Å². The van der Waals surface area contributed by atoms with Gasteiger partial charge in [-0.3, -0.25) is 4.79 Å². The number of hydrogen-bond acceptors (Lipinski definition) is 4. The smallest absolute Gasteiger partial charge is 0.229 e. The van der Waals surface area contributed by atoms with Crippen molar-refractivity contribution in [2.24, 2.45) is 0 Å². The summed E-state index contributed by atoms with van der Waals surface area (Å²) in [6.45, 7) is 2.19. The van der Waals surface area contributed by atoms with E-state index in [1.165, 1.54) is 0 Å². The molecule has 1 aromatic carbocycles. The number of aromatic nitrogens is 2. The summed E-state index contributed by atoms with van der Waals surface area (Å²) in [6, 6.07) is 13.7. The highest BCUT2D eigenvalue weighted by molar-refractivity contribution is 5.85. The largest absolute Gasteiger partial charge is 0.496 e. The van der Waals surface area contributed by atoms with Crippen LogP contribution < -0.4 is 10.1 Å². The zero-order valence-corrected chi connectivity index (χ0v) is 17.2. The molecule has 0 spiro atoms. The van der Waals surface area contributed by atoms with Crippen LogP contribution in [0.15, 0.2) is 54.9 Å². The van der Waals surface area contributed by atoms with Gasteiger partial charge < -0.3 is 19.4 Å². The molecular formula is C20H24Cl2N4O2. The Bertz CT molecular complexity index is 898. The summed E-state index contributed by atoms with van der Waals surface area (Å²) in [4.78, 5) is 19.5. The van der Waals surface area contributed by atoms with E-state index in [1.807, 2.05) is 64.2 Å². The van der Waals surface area contributed by atoms with Crippen molar-refractivity contribution < 1.29 is 9.53 Å². The fourth-order valence-electron chi connectivity index (χ4n) is 3.55. The zero-order chi connectivity index (χ0) is 17.9. The molecule has 0 bridgehead atoms. The molecule has 150 valence electrons. The van der Waals surface area contributed by atoms with Gasteiger partial charge in [0, 0.05) is 37.6 Å². The number of benzene rings is 1. The van der Waals surface area contributed by atoms with Crippen molar-refractivity contribution in [3.63, 3.8) is 0 Å². The highest BCUT2D eigenvalue weighted by Gasteiger charge is 2.30. The predicted molar refractivity (Wildman–Crippen MR) is 114 cm³/mol. The average Bonchev–Trinajstić information content (AvgIpc) is 3.10. The SMILES string of the molecule is COc1ccccc1C1CNCCN1C(=O)Cc1cn2ccccc2n1.Cl.Cl. The number of carbonyl (C=O) groups excluding carboxylic acids is 1. The highest BCUT2D eigenvalue weighted by Crippen LogP contribution is 2.30. The third-order valence-electron chi connectivity index (χ3n) is 4.81. The first kappa shape index (κ1) is 22.0. The zero-order valence-electron chi connectivity index (χ0n) is 15.6. The van der Waals surface area contributed by atoms with E-state index >= 15 is 0 Å². The maximum absolute atomic E-state index is 13.0. The Morgan fingerprint density at radius 2 is 2.00 bits per heavy atom. The third kappa shape index (κ3) is 4.41. The van der Waals surface area contributed by atoms with Crippen LogP contribution in [0.1, 0.15) is 17.3 Å². The summed E-state index contributed by atoms with van der Waals surface area (Å²) in [7, 11) is 1.66. The Labute approximate surface area is 176 Å². The molecule has 1 saturated heterocycles. The monoisotopic (exact) mass is 422 g/mol. The van der Waals surface area contributed by atoms with Crippen LogP contribution in [0.4, 0.5) is 0 Å². The van der Waals surface area contributed by atoms with E-state index in [1.54, 1.807) is 7.11 Å². The summed E-state index contributed by atoms with van der Waals surface area (Å²) in [5.74, 6) is 0.901. The molecule has 3 heterocycles. The molecule has 1 amide bonds. The first-order chi connectivity index (χ1) is 12.8. The second-order valence-electron chi connectivity index (χ2n) is 6.42. The number of hydrogen-bond donors (Lipinski definition) is 1. The van der Waals surface area contributed by atoms with Crippen molar-refractivity contribution >= 4 is 36.4 Å². The van der Waals surface area contributed by atoms with Gasteiger partial charge in [-0.25, -0.2) is 4.98 Å². The number of carbonyl (C=O) groups is 1. The van der Waals surface area contributed by atoms with Crippen LogP contribution in [-0.4, -0.2) is 46.9 Å². The molecule has 1 unspecified atom stereocenters. The van der Waals surface area contributed by atoms with Gasteiger partial charge in [0.15, 0.2) is 0 Å². The van der Waals surface area contributed by atoms with Gasteiger partial charge in [0.25, 0.3) is 0 Å².